The Labute approximate surface area is 111 Å². The van der Waals surface area contributed by atoms with Gasteiger partial charge in [-0.25, -0.2) is 9.97 Å². The highest BCUT2D eigenvalue weighted by Crippen LogP contribution is 2.24. The van der Waals surface area contributed by atoms with Crippen LogP contribution >= 0.6 is 23.7 Å². The van der Waals surface area contributed by atoms with Crippen LogP contribution in [0.3, 0.4) is 0 Å². The van der Waals surface area contributed by atoms with Crippen LogP contribution in [0.15, 0.2) is 23.6 Å². The van der Waals surface area contributed by atoms with Crippen LogP contribution in [0.4, 0.5) is 5.95 Å². The maximum Gasteiger partial charge on any atom is 0.225 e. The van der Waals surface area contributed by atoms with Crippen LogP contribution in [0.2, 0.25) is 0 Å². The van der Waals surface area contributed by atoms with E-state index in [1.165, 1.54) is 0 Å². The summed E-state index contributed by atoms with van der Waals surface area (Å²) in [5.41, 5.74) is 7.44. The number of nitrogens with two attached hydrogens (primary N) is 1. The van der Waals surface area contributed by atoms with Crippen LogP contribution in [-0.4, -0.2) is 24.1 Å². The predicted molar refractivity (Wildman–Crippen MR) is 74.8 cm³/mol. The Morgan fingerprint density at radius 2 is 2.12 bits per heavy atom. The van der Waals surface area contributed by atoms with Gasteiger partial charge in [0.25, 0.3) is 0 Å². The van der Waals surface area contributed by atoms with Gasteiger partial charge >= 0.3 is 0 Å². The lowest BCUT2D eigenvalue weighted by molar-refractivity contribution is 0.926. The highest BCUT2D eigenvalue weighted by atomic mass is 35.5. The van der Waals surface area contributed by atoms with Crippen LogP contribution < -0.4 is 10.6 Å². The van der Waals surface area contributed by atoms with Crippen molar-refractivity contribution in [3.8, 4) is 10.6 Å². The first-order valence-corrected chi connectivity index (χ1v) is 5.88. The predicted octanol–water partition coefficient (Wildman–Crippen LogP) is 2.15. The van der Waals surface area contributed by atoms with Crippen LogP contribution in [0.1, 0.15) is 5.69 Å². The Morgan fingerprint density at radius 3 is 2.65 bits per heavy atom. The minimum Gasteiger partial charge on any atom is -0.347 e. The van der Waals surface area contributed by atoms with Crippen molar-refractivity contribution in [2.75, 3.05) is 19.0 Å². The highest BCUT2D eigenvalue weighted by Gasteiger charge is 2.07. The molecule has 0 saturated carbocycles. The number of hydrogen-bond acceptors (Lipinski definition) is 5. The van der Waals surface area contributed by atoms with Gasteiger partial charge in [0, 0.05) is 20.6 Å². The van der Waals surface area contributed by atoms with Crippen molar-refractivity contribution in [1.29, 1.82) is 0 Å². The molecule has 0 aliphatic carbocycles. The van der Waals surface area contributed by atoms with Gasteiger partial charge in [-0.3, -0.25) is 0 Å². The molecule has 0 aliphatic heterocycles. The number of halogens is 1. The number of nitrogens with zero attached hydrogens (tertiary/aromatic N) is 3. The first-order valence-electron chi connectivity index (χ1n) is 5.00. The Kier molecular flexibility index (Phi) is 4.86. The average molecular weight is 271 g/mol. The summed E-state index contributed by atoms with van der Waals surface area (Å²) >= 11 is 1.67. The van der Waals surface area contributed by atoms with Crippen LogP contribution in [0.5, 0.6) is 0 Å². The molecule has 0 aliphatic rings. The van der Waals surface area contributed by atoms with Crippen LogP contribution in [0, 0.1) is 0 Å². The van der Waals surface area contributed by atoms with E-state index in [2.05, 4.69) is 9.97 Å². The molecule has 92 valence electrons. The highest BCUT2D eigenvalue weighted by molar-refractivity contribution is 7.13. The number of hydrogen-bond donors (Lipinski definition) is 1. The molecule has 17 heavy (non-hydrogen) atoms. The maximum absolute atomic E-state index is 5.64. The molecule has 0 fully saturated rings. The van der Waals surface area contributed by atoms with E-state index >= 15 is 0 Å². The Hall–Kier alpha value is -1.17. The van der Waals surface area contributed by atoms with Gasteiger partial charge in [-0.1, -0.05) is 6.07 Å². The third kappa shape index (κ3) is 3.15. The fourth-order valence-electron chi connectivity index (χ4n) is 1.34. The van der Waals surface area contributed by atoms with Gasteiger partial charge in [-0.15, -0.1) is 23.7 Å². The quantitative estimate of drug-likeness (QED) is 0.929. The summed E-state index contributed by atoms with van der Waals surface area (Å²) in [6.07, 6.45) is 0. The lowest BCUT2D eigenvalue weighted by Gasteiger charge is -2.12. The first-order chi connectivity index (χ1) is 7.70. The SMILES string of the molecule is CN(C)c1nc(CN)cc(-c2cccs2)n1.Cl. The smallest absolute Gasteiger partial charge is 0.225 e. The lowest BCUT2D eigenvalue weighted by Crippen LogP contribution is -2.15. The number of thiophene rings is 1. The summed E-state index contributed by atoms with van der Waals surface area (Å²) in [6.45, 7) is 0.432. The van der Waals surface area contributed by atoms with E-state index in [4.69, 9.17) is 5.73 Å². The number of anilines is 1. The summed E-state index contributed by atoms with van der Waals surface area (Å²) in [4.78, 5) is 11.9. The monoisotopic (exact) mass is 270 g/mol. The van der Waals surface area contributed by atoms with Crippen molar-refractivity contribution in [3.63, 3.8) is 0 Å². The van der Waals surface area contributed by atoms with Gasteiger partial charge < -0.3 is 10.6 Å². The molecule has 0 bridgehead atoms. The molecule has 0 radical (unpaired) electrons. The van der Waals surface area contributed by atoms with E-state index in [-0.39, 0.29) is 12.4 Å². The molecule has 2 N–H and O–H groups in total. The molecule has 0 atom stereocenters. The second-order valence-corrected chi connectivity index (χ2v) is 4.57. The first kappa shape index (κ1) is 13.9. The largest absolute Gasteiger partial charge is 0.347 e. The van der Waals surface area contributed by atoms with Gasteiger partial charge in [0.2, 0.25) is 5.95 Å². The summed E-state index contributed by atoms with van der Waals surface area (Å²) in [5, 5.41) is 2.04. The average Bonchev–Trinajstić information content (AvgIpc) is 2.81. The Bertz CT molecular complexity index is 470. The van der Waals surface area contributed by atoms with Crippen molar-refractivity contribution in [2.24, 2.45) is 5.73 Å². The Morgan fingerprint density at radius 1 is 1.35 bits per heavy atom. The second kappa shape index (κ2) is 5.95. The van der Waals surface area contributed by atoms with E-state index in [1.54, 1.807) is 11.3 Å². The molecule has 4 nitrogen and oxygen atoms in total. The molecule has 2 heterocycles. The van der Waals surface area contributed by atoms with E-state index in [9.17, 15) is 0 Å². The summed E-state index contributed by atoms with van der Waals surface area (Å²) in [6, 6.07) is 6.01. The van der Waals surface area contributed by atoms with Crippen molar-refractivity contribution in [2.45, 2.75) is 6.54 Å². The lowest BCUT2D eigenvalue weighted by atomic mass is 10.3. The zero-order chi connectivity index (χ0) is 11.5. The van der Waals surface area contributed by atoms with Crippen molar-refractivity contribution < 1.29 is 0 Å². The fourth-order valence-corrected chi connectivity index (χ4v) is 2.02. The second-order valence-electron chi connectivity index (χ2n) is 3.62. The van der Waals surface area contributed by atoms with E-state index in [1.807, 2.05) is 42.6 Å². The maximum atomic E-state index is 5.64. The zero-order valence-electron chi connectivity index (χ0n) is 9.75. The summed E-state index contributed by atoms with van der Waals surface area (Å²) in [5.74, 6) is 0.700. The van der Waals surface area contributed by atoms with Gasteiger partial charge in [0.05, 0.1) is 16.3 Å². The molecule has 2 aromatic rings. The van der Waals surface area contributed by atoms with Crippen molar-refractivity contribution in [3.05, 3.63) is 29.3 Å². The van der Waals surface area contributed by atoms with Crippen LogP contribution in [0.25, 0.3) is 10.6 Å². The summed E-state index contributed by atoms with van der Waals surface area (Å²) < 4.78 is 0. The molecular weight excluding hydrogens is 256 g/mol. The topological polar surface area (TPSA) is 55.0 Å². The van der Waals surface area contributed by atoms with Crippen molar-refractivity contribution in [1.82, 2.24) is 9.97 Å². The number of aromatic nitrogens is 2. The van der Waals surface area contributed by atoms with E-state index in [0.29, 0.717) is 12.5 Å². The van der Waals surface area contributed by atoms with Gasteiger partial charge in [-0.05, 0) is 17.5 Å². The molecule has 0 saturated heterocycles. The van der Waals surface area contributed by atoms with E-state index < -0.39 is 0 Å². The molecule has 6 heteroatoms. The van der Waals surface area contributed by atoms with Gasteiger partial charge in [-0.2, -0.15) is 0 Å². The third-order valence-corrected chi connectivity index (χ3v) is 3.04. The van der Waals surface area contributed by atoms with Gasteiger partial charge in [0.15, 0.2) is 0 Å². The van der Waals surface area contributed by atoms with Crippen LogP contribution in [-0.2, 0) is 6.54 Å². The molecular formula is C11H15ClN4S. The standard InChI is InChI=1S/C11H14N4S.ClH/c1-15(2)11-13-8(7-12)6-9(14-11)10-4-3-5-16-10;/h3-6H,7,12H2,1-2H3;1H. The zero-order valence-corrected chi connectivity index (χ0v) is 11.4. The number of rotatable bonds is 3. The van der Waals surface area contributed by atoms with Crippen molar-refractivity contribution >= 4 is 29.7 Å². The minimum atomic E-state index is 0. The third-order valence-electron chi connectivity index (χ3n) is 2.15. The van der Waals surface area contributed by atoms with Gasteiger partial charge in [0.1, 0.15) is 0 Å². The molecule has 0 spiro atoms. The molecule has 2 rings (SSSR count). The minimum absolute atomic E-state index is 0. The molecule has 2 aromatic heterocycles. The normalized spacial score (nSPS) is 9.82. The van der Waals surface area contributed by atoms with E-state index in [0.717, 1.165) is 16.3 Å². The molecule has 0 aromatic carbocycles. The molecule has 0 unspecified atom stereocenters. The fraction of sp³-hybridized carbons (Fsp3) is 0.273. The Balaban J connectivity index is 0.00000144. The molecule has 0 amide bonds. The summed E-state index contributed by atoms with van der Waals surface area (Å²) in [7, 11) is 3.85.